The van der Waals surface area contributed by atoms with Crippen LogP contribution in [0.1, 0.15) is 40.5 Å². The summed E-state index contributed by atoms with van der Waals surface area (Å²) in [5.41, 5.74) is 5.46. The van der Waals surface area contributed by atoms with Crippen LogP contribution in [-0.4, -0.2) is 22.6 Å². The van der Waals surface area contributed by atoms with E-state index in [4.69, 9.17) is 9.15 Å². The Hall–Kier alpha value is -3.54. The van der Waals surface area contributed by atoms with E-state index in [2.05, 4.69) is 22.4 Å². The van der Waals surface area contributed by atoms with E-state index in [1.54, 1.807) is 19.6 Å². The van der Waals surface area contributed by atoms with Crippen molar-refractivity contribution in [1.82, 2.24) is 14.9 Å². The van der Waals surface area contributed by atoms with Gasteiger partial charge >= 0.3 is 0 Å². The normalized spacial score (nSPS) is 13.9. The molecule has 2 heterocycles. The number of hydrogen-bond donors (Lipinski definition) is 1. The summed E-state index contributed by atoms with van der Waals surface area (Å²) < 4.78 is 13.0. The maximum absolute atomic E-state index is 13.1. The van der Waals surface area contributed by atoms with Gasteiger partial charge in [0.05, 0.1) is 19.8 Å². The number of carbonyl (C=O) groups excluding carboxylic acids is 1. The fourth-order valence-electron chi connectivity index (χ4n) is 4.42. The average molecular weight is 415 g/mol. The molecular weight excluding hydrogens is 390 g/mol. The molecular formula is C25H25N3O3. The molecule has 2 aromatic heterocycles. The molecule has 158 valence electrons. The largest absolute Gasteiger partial charge is 0.497 e. The highest BCUT2D eigenvalue weighted by Crippen LogP contribution is 2.31. The van der Waals surface area contributed by atoms with Gasteiger partial charge in [0.1, 0.15) is 23.2 Å². The predicted molar refractivity (Wildman–Crippen MR) is 118 cm³/mol. The lowest BCUT2D eigenvalue weighted by molar-refractivity contribution is -0.121. The topological polar surface area (TPSA) is 69.3 Å². The molecule has 31 heavy (non-hydrogen) atoms. The number of ether oxygens (including phenoxy) is 1. The first-order valence-electron chi connectivity index (χ1n) is 10.5. The summed E-state index contributed by atoms with van der Waals surface area (Å²) in [6, 6.07) is 11.7. The monoisotopic (exact) mass is 415 g/mol. The molecule has 1 N–H and O–H groups in total. The number of hydrogen-bond acceptors (Lipinski definition) is 4. The van der Waals surface area contributed by atoms with Crippen LogP contribution in [0.3, 0.4) is 0 Å². The fourth-order valence-corrected chi connectivity index (χ4v) is 4.42. The highest BCUT2D eigenvalue weighted by atomic mass is 16.5. The Bertz CT molecular complexity index is 1240. The van der Waals surface area contributed by atoms with Gasteiger partial charge in [-0.05, 0) is 60.2 Å². The van der Waals surface area contributed by atoms with Crippen molar-refractivity contribution in [3.63, 3.8) is 0 Å². The third-order valence-electron chi connectivity index (χ3n) is 6.09. The maximum Gasteiger partial charge on any atom is 0.225 e. The molecule has 0 radical (unpaired) electrons. The number of aromatic nitrogens is 2. The van der Waals surface area contributed by atoms with E-state index in [1.807, 2.05) is 42.1 Å². The van der Waals surface area contributed by atoms with Crippen LogP contribution in [0, 0.1) is 0 Å². The summed E-state index contributed by atoms with van der Waals surface area (Å²) >= 11 is 0. The summed E-state index contributed by atoms with van der Waals surface area (Å²) in [6.07, 6.45) is 8.97. The van der Waals surface area contributed by atoms with Crippen molar-refractivity contribution in [2.45, 2.75) is 31.7 Å². The molecule has 0 aliphatic heterocycles. The van der Waals surface area contributed by atoms with Crippen molar-refractivity contribution < 1.29 is 13.9 Å². The average Bonchev–Trinajstić information content (AvgIpc) is 3.51. The van der Waals surface area contributed by atoms with Crippen molar-refractivity contribution in [2.75, 3.05) is 7.11 Å². The van der Waals surface area contributed by atoms with Gasteiger partial charge in [-0.1, -0.05) is 12.1 Å². The molecule has 0 bridgehead atoms. The zero-order valence-corrected chi connectivity index (χ0v) is 17.7. The lowest BCUT2D eigenvalue weighted by atomic mass is 10.0. The summed E-state index contributed by atoms with van der Waals surface area (Å²) in [7, 11) is 3.56. The number of imidazole rings is 1. The van der Waals surface area contributed by atoms with Gasteiger partial charge in [0.2, 0.25) is 5.91 Å². The van der Waals surface area contributed by atoms with Crippen LogP contribution in [-0.2, 0) is 31.1 Å². The summed E-state index contributed by atoms with van der Waals surface area (Å²) in [5.74, 6) is 1.46. The van der Waals surface area contributed by atoms with Crippen molar-refractivity contribution >= 4 is 16.9 Å². The van der Waals surface area contributed by atoms with Crippen LogP contribution in [0.25, 0.3) is 11.0 Å². The van der Waals surface area contributed by atoms with Crippen molar-refractivity contribution in [3.8, 4) is 5.75 Å². The molecule has 6 nitrogen and oxygen atoms in total. The van der Waals surface area contributed by atoms with Gasteiger partial charge in [0.25, 0.3) is 0 Å². The third-order valence-corrected chi connectivity index (χ3v) is 6.09. The van der Waals surface area contributed by atoms with E-state index in [9.17, 15) is 4.79 Å². The Morgan fingerprint density at radius 1 is 1.23 bits per heavy atom. The Balaban J connectivity index is 1.41. The molecule has 2 aromatic carbocycles. The van der Waals surface area contributed by atoms with Crippen LogP contribution in [0.4, 0.5) is 0 Å². The molecule has 1 unspecified atom stereocenters. The first-order valence-corrected chi connectivity index (χ1v) is 10.5. The van der Waals surface area contributed by atoms with Gasteiger partial charge in [0, 0.05) is 30.4 Å². The molecule has 5 rings (SSSR count). The van der Waals surface area contributed by atoms with Gasteiger partial charge in [-0.3, -0.25) is 4.79 Å². The van der Waals surface area contributed by atoms with E-state index >= 15 is 0 Å². The van der Waals surface area contributed by atoms with E-state index in [-0.39, 0.29) is 18.4 Å². The molecule has 1 amide bonds. The molecule has 1 aliphatic rings. The fraction of sp³-hybridized carbons (Fsp3) is 0.280. The molecule has 1 aliphatic carbocycles. The maximum atomic E-state index is 13.1. The van der Waals surface area contributed by atoms with Crippen LogP contribution in [0.2, 0.25) is 0 Å². The van der Waals surface area contributed by atoms with Gasteiger partial charge in [-0.15, -0.1) is 0 Å². The highest BCUT2D eigenvalue weighted by Gasteiger charge is 2.22. The Kier molecular flexibility index (Phi) is 4.98. The number of nitrogens with one attached hydrogen (secondary N) is 1. The number of methoxy groups -OCH3 is 1. The number of amides is 1. The van der Waals surface area contributed by atoms with E-state index in [0.717, 1.165) is 46.5 Å². The van der Waals surface area contributed by atoms with Crippen molar-refractivity contribution in [3.05, 3.63) is 83.1 Å². The second-order valence-electron chi connectivity index (χ2n) is 8.08. The predicted octanol–water partition coefficient (Wildman–Crippen LogP) is 4.11. The van der Waals surface area contributed by atoms with Gasteiger partial charge in [-0.2, -0.15) is 0 Å². The van der Waals surface area contributed by atoms with Crippen LogP contribution < -0.4 is 10.1 Å². The van der Waals surface area contributed by atoms with Crippen LogP contribution >= 0.6 is 0 Å². The number of nitrogens with zero attached hydrogens (tertiary/aromatic N) is 2. The number of carbonyl (C=O) groups is 1. The number of aryl methyl sites for hydroxylation is 3. The quantitative estimate of drug-likeness (QED) is 0.515. The minimum absolute atomic E-state index is 0.0768. The minimum Gasteiger partial charge on any atom is -0.497 e. The summed E-state index contributed by atoms with van der Waals surface area (Å²) in [5, 5.41) is 4.20. The molecule has 0 fully saturated rings. The Labute approximate surface area is 180 Å². The number of fused-ring (bicyclic) bond motifs is 2. The number of rotatable bonds is 6. The van der Waals surface area contributed by atoms with E-state index in [0.29, 0.717) is 0 Å². The van der Waals surface area contributed by atoms with Crippen LogP contribution in [0.5, 0.6) is 5.75 Å². The zero-order valence-electron chi connectivity index (χ0n) is 17.7. The smallest absolute Gasteiger partial charge is 0.225 e. The SMILES string of the molecule is COc1ccc(C(NC(=O)Cc2coc3cc4c(cc23)CCC4)c2nccn2C)cc1. The number of furan rings is 1. The molecule has 0 spiro atoms. The van der Waals surface area contributed by atoms with Crippen LogP contribution in [0.15, 0.2) is 59.5 Å². The first-order chi connectivity index (χ1) is 15.1. The molecule has 4 aromatic rings. The van der Waals surface area contributed by atoms with Gasteiger partial charge in [-0.25, -0.2) is 4.98 Å². The summed E-state index contributed by atoms with van der Waals surface area (Å²) in [6.45, 7) is 0. The van der Waals surface area contributed by atoms with Crippen molar-refractivity contribution in [2.24, 2.45) is 7.05 Å². The Morgan fingerprint density at radius 2 is 2.00 bits per heavy atom. The van der Waals surface area contributed by atoms with E-state index in [1.165, 1.54) is 17.5 Å². The van der Waals surface area contributed by atoms with Gasteiger partial charge < -0.3 is 19.0 Å². The standard InChI is InChI=1S/C25H25N3O3/c1-28-11-10-26-25(28)24(16-6-8-20(30-2)9-7-16)27-23(29)14-19-15-31-22-13-18-5-3-4-17(18)12-21(19)22/h6-13,15,24H,3-5,14H2,1-2H3,(H,27,29). The number of benzene rings is 2. The lowest BCUT2D eigenvalue weighted by Crippen LogP contribution is -2.32. The first kappa shape index (κ1) is 19.4. The third kappa shape index (κ3) is 3.69. The van der Waals surface area contributed by atoms with Gasteiger partial charge in [0.15, 0.2) is 0 Å². The summed E-state index contributed by atoms with van der Waals surface area (Å²) in [4.78, 5) is 17.6. The molecule has 1 atom stereocenters. The lowest BCUT2D eigenvalue weighted by Gasteiger charge is -2.19. The zero-order chi connectivity index (χ0) is 21.4. The second-order valence-corrected chi connectivity index (χ2v) is 8.08. The Morgan fingerprint density at radius 3 is 2.71 bits per heavy atom. The van der Waals surface area contributed by atoms with E-state index < -0.39 is 0 Å². The molecule has 6 heteroatoms. The highest BCUT2D eigenvalue weighted by molar-refractivity contribution is 5.89. The van der Waals surface area contributed by atoms with Crippen molar-refractivity contribution in [1.29, 1.82) is 0 Å². The molecule has 0 saturated heterocycles. The molecule has 0 saturated carbocycles. The minimum atomic E-state index is -0.360. The second kappa shape index (κ2) is 7.95.